The number of nitrogens with one attached hydrogen (secondary N) is 1. The monoisotopic (exact) mass is 428 g/mol. The summed E-state index contributed by atoms with van der Waals surface area (Å²) in [6.45, 7) is 4.08. The maximum atomic E-state index is 12.8. The van der Waals surface area contributed by atoms with Gasteiger partial charge in [0.25, 0.3) is 0 Å². The van der Waals surface area contributed by atoms with Crippen LogP contribution >= 0.6 is 0 Å². The van der Waals surface area contributed by atoms with Gasteiger partial charge in [-0.1, -0.05) is 54.6 Å². The molecule has 1 aliphatic rings. The van der Waals surface area contributed by atoms with Gasteiger partial charge in [0, 0.05) is 19.6 Å². The first-order chi connectivity index (χ1) is 14.3. The number of carbonyl (C=O) groups excluding carboxylic acids is 1. The number of carbonyl (C=O) groups is 1. The highest BCUT2D eigenvalue weighted by Crippen LogP contribution is 2.25. The van der Waals surface area contributed by atoms with E-state index in [0.717, 1.165) is 43.5 Å². The molecule has 0 bridgehead atoms. The first-order valence-electron chi connectivity index (χ1n) is 10.7. The molecule has 1 fully saturated rings. The van der Waals surface area contributed by atoms with Crippen LogP contribution in [0.1, 0.15) is 42.4 Å². The SMILES string of the molecule is CC(C(=O)N1CCC(Cc2ccc(CCNS(C)(=O)=O)cc2)CC1)c1ccccc1. The Balaban J connectivity index is 1.45. The number of likely N-dealkylation sites (tertiary alicyclic amines) is 1. The van der Waals surface area contributed by atoms with Crippen molar-refractivity contribution in [1.29, 1.82) is 0 Å². The van der Waals surface area contributed by atoms with Crippen LogP contribution in [0.5, 0.6) is 0 Å². The highest BCUT2D eigenvalue weighted by atomic mass is 32.2. The molecule has 162 valence electrons. The lowest BCUT2D eigenvalue weighted by Crippen LogP contribution is -2.40. The van der Waals surface area contributed by atoms with Crippen molar-refractivity contribution in [2.24, 2.45) is 5.92 Å². The van der Waals surface area contributed by atoms with Gasteiger partial charge >= 0.3 is 0 Å². The highest BCUT2D eigenvalue weighted by Gasteiger charge is 2.26. The van der Waals surface area contributed by atoms with Gasteiger partial charge in [-0.15, -0.1) is 0 Å². The van der Waals surface area contributed by atoms with E-state index in [1.807, 2.05) is 42.2 Å². The molecule has 30 heavy (non-hydrogen) atoms. The van der Waals surface area contributed by atoms with E-state index in [2.05, 4.69) is 29.0 Å². The average molecular weight is 429 g/mol. The van der Waals surface area contributed by atoms with Crippen molar-refractivity contribution < 1.29 is 13.2 Å². The van der Waals surface area contributed by atoms with Crippen LogP contribution in [0, 0.1) is 5.92 Å². The molecule has 1 heterocycles. The first-order valence-corrected chi connectivity index (χ1v) is 12.6. The molecule has 0 radical (unpaired) electrons. The molecule has 0 aliphatic carbocycles. The summed E-state index contributed by atoms with van der Waals surface area (Å²) < 4.78 is 24.8. The van der Waals surface area contributed by atoms with E-state index in [0.29, 0.717) is 18.9 Å². The quantitative estimate of drug-likeness (QED) is 0.701. The fourth-order valence-electron chi connectivity index (χ4n) is 4.07. The van der Waals surface area contributed by atoms with Crippen molar-refractivity contribution in [2.45, 2.75) is 38.5 Å². The van der Waals surface area contributed by atoms with Crippen molar-refractivity contribution >= 4 is 15.9 Å². The molecule has 2 aromatic rings. The molecule has 6 heteroatoms. The highest BCUT2D eigenvalue weighted by molar-refractivity contribution is 7.88. The number of sulfonamides is 1. The van der Waals surface area contributed by atoms with E-state index in [1.54, 1.807) is 0 Å². The Bertz CT molecular complexity index is 919. The number of amides is 1. The van der Waals surface area contributed by atoms with Crippen LogP contribution < -0.4 is 4.72 Å². The van der Waals surface area contributed by atoms with Gasteiger partial charge in [0.2, 0.25) is 15.9 Å². The summed E-state index contributed by atoms with van der Waals surface area (Å²) in [7, 11) is -3.13. The maximum Gasteiger partial charge on any atom is 0.229 e. The second kappa shape index (κ2) is 10.2. The molecule has 3 rings (SSSR count). The van der Waals surface area contributed by atoms with Gasteiger partial charge in [-0.2, -0.15) is 0 Å². The van der Waals surface area contributed by atoms with Crippen molar-refractivity contribution in [1.82, 2.24) is 9.62 Å². The Kier molecular flexibility index (Phi) is 7.67. The van der Waals surface area contributed by atoms with Gasteiger partial charge in [-0.3, -0.25) is 4.79 Å². The number of piperidine rings is 1. The number of benzene rings is 2. The number of hydrogen-bond donors (Lipinski definition) is 1. The molecule has 1 atom stereocenters. The topological polar surface area (TPSA) is 66.5 Å². The normalized spacial score (nSPS) is 16.4. The second-order valence-electron chi connectivity index (χ2n) is 8.34. The maximum absolute atomic E-state index is 12.8. The lowest BCUT2D eigenvalue weighted by atomic mass is 9.89. The molecule has 1 amide bonds. The van der Waals surface area contributed by atoms with Crippen molar-refractivity contribution in [2.75, 3.05) is 25.9 Å². The van der Waals surface area contributed by atoms with Crippen molar-refractivity contribution in [3.8, 4) is 0 Å². The van der Waals surface area contributed by atoms with Crippen LogP contribution in [0.15, 0.2) is 54.6 Å². The Morgan fingerprint density at radius 1 is 1.03 bits per heavy atom. The predicted molar refractivity (Wildman–Crippen MR) is 121 cm³/mol. The minimum atomic E-state index is -3.13. The lowest BCUT2D eigenvalue weighted by Gasteiger charge is -2.34. The zero-order chi connectivity index (χ0) is 21.6. The van der Waals surface area contributed by atoms with E-state index in [1.165, 1.54) is 11.8 Å². The summed E-state index contributed by atoms with van der Waals surface area (Å²) in [5, 5.41) is 0. The Morgan fingerprint density at radius 3 is 2.23 bits per heavy atom. The molecule has 5 nitrogen and oxygen atoms in total. The number of nitrogens with zero attached hydrogens (tertiary/aromatic N) is 1. The van der Waals surface area contributed by atoms with Crippen molar-refractivity contribution in [3.05, 3.63) is 71.3 Å². The number of rotatable bonds is 8. The van der Waals surface area contributed by atoms with E-state index in [4.69, 9.17) is 0 Å². The van der Waals surface area contributed by atoms with Gasteiger partial charge < -0.3 is 4.90 Å². The third-order valence-electron chi connectivity index (χ3n) is 5.92. The van der Waals surface area contributed by atoms with Gasteiger partial charge in [0.15, 0.2) is 0 Å². The molecule has 1 saturated heterocycles. The molecule has 1 N–H and O–H groups in total. The summed E-state index contributed by atoms with van der Waals surface area (Å²) in [6, 6.07) is 18.4. The van der Waals surface area contributed by atoms with Crippen LogP contribution in [-0.4, -0.2) is 45.1 Å². The molecule has 0 saturated carbocycles. The second-order valence-corrected chi connectivity index (χ2v) is 10.2. The van der Waals surface area contributed by atoms with E-state index < -0.39 is 10.0 Å². The largest absolute Gasteiger partial charge is 0.342 e. The summed E-state index contributed by atoms with van der Waals surface area (Å²) in [5.41, 5.74) is 3.51. The van der Waals surface area contributed by atoms with Gasteiger partial charge in [-0.25, -0.2) is 13.1 Å². The third-order valence-corrected chi connectivity index (χ3v) is 6.65. The summed E-state index contributed by atoms with van der Waals surface area (Å²) in [6.07, 6.45) is 4.96. The fourth-order valence-corrected chi connectivity index (χ4v) is 4.54. The minimum Gasteiger partial charge on any atom is -0.342 e. The Morgan fingerprint density at radius 2 is 1.63 bits per heavy atom. The molecule has 1 aliphatic heterocycles. The first kappa shape index (κ1) is 22.5. The predicted octanol–water partition coefficient (Wildman–Crippen LogP) is 3.36. The summed E-state index contributed by atoms with van der Waals surface area (Å²) in [5.74, 6) is 0.734. The van der Waals surface area contributed by atoms with E-state index >= 15 is 0 Å². The standard InChI is InChI=1S/C24H32N2O3S/c1-19(23-6-4-3-5-7-23)24(27)26-16-13-22(14-17-26)18-21-10-8-20(9-11-21)12-15-25-30(2,28)29/h3-11,19,22,25H,12-18H2,1-2H3. The average Bonchev–Trinajstić information content (AvgIpc) is 2.74. The Hall–Kier alpha value is -2.18. The fraction of sp³-hybridized carbons (Fsp3) is 0.458. The molecule has 2 aromatic carbocycles. The Labute approximate surface area is 180 Å². The molecular weight excluding hydrogens is 396 g/mol. The van der Waals surface area contributed by atoms with Crippen LogP contribution in [0.2, 0.25) is 0 Å². The molecule has 0 aromatic heterocycles. The van der Waals surface area contributed by atoms with Gasteiger partial charge in [0.1, 0.15) is 0 Å². The van der Waals surface area contributed by atoms with E-state index in [-0.39, 0.29) is 11.8 Å². The van der Waals surface area contributed by atoms with Gasteiger partial charge in [-0.05, 0) is 55.2 Å². The smallest absolute Gasteiger partial charge is 0.229 e. The van der Waals surface area contributed by atoms with Crippen LogP contribution in [0.3, 0.4) is 0 Å². The van der Waals surface area contributed by atoms with Crippen LogP contribution in [-0.2, 0) is 27.7 Å². The van der Waals surface area contributed by atoms with Gasteiger partial charge in [0.05, 0.1) is 12.2 Å². The number of hydrogen-bond acceptors (Lipinski definition) is 3. The molecule has 0 spiro atoms. The van der Waals surface area contributed by atoms with Crippen LogP contribution in [0.25, 0.3) is 0 Å². The zero-order valence-corrected chi connectivity index (χ0v) is 18.7. The minimum absolute atomic E-state index is 0.0903. The summed E-state index contributed by atoms with van der Waals surface area (Å²) >= 11 is 0. The summed E-state index contributed by atoms with van der Waals surface area (Å²) in [4.78, 5) is 14.9. The van der Waals surface area contributed by atoms with E-state index in [9.17, 15) is 13.2 Å². The third kappa shape index (κ3) is 6.67. The molecule has 1 unspecified atom stereocenters. The zero-order valence-electron chi connectivity index (χ0n) is 17.9. The molecular formula is C24H32N2O3S. The van der Waals surface area contributed by atoms with Crippen LogP contribution in [0.4, 0.5) is 0 Å². The van der Waals surface area contributed by atoms with Crippen molar-refractivity contribution in [3.63, 3.8) is 0 Å². The lowest BCUT2D eigenvalue weighted by molar-refractivity contribution is -0.133.